The number of nitrogens with one attached hydrogen (secondary N) is 3. The Balaban J connectivity index is 1.69. The summed E-state index contributed by atoms with van der Waals surface area (Å²) in [5, 5.41) is 6.94. The molecule has 0 saturated heterocycles. The summed E-state index contributed by atoms with van der Waals surface area (Å²) in [7, 11) is 0. The molecule has 0 aromatic heterocycles. The molecule has 1 atom stereocenters. The Morgan fingerprint density at radius 1 is 1.19 bits per heavy atom. The molecular weight excluding hydrogens is 358 g/mol. The summed E-state index contributed by atoms with van der Waals surface area (Å²) in [5.74, 6) is -1.12. The fraction of sp³-hybridized carbons (Fsp3) is 0.412. The van der Waals surface area contributed by atoms with Gasteiger partial charge in [-0.1, -0.05) is 6.92 Å². The molecule has 10 nitrogen and oxygen atoms in total. The molecule has 1 aliphatic heterocycles. The van der Waals surface area contributed by atoms with Gasteiger partial charge in [-0.3, -0.25) is 19.7 Å². The van der Waals surface area contributed by atoms with Crippen LogP contribution in [0.25, 0.3) is 0 Å². The number of imide groups is 1. The van der Waals surface area contributed by atoms with Gasteiger partial charge in [0, 0.05) is 11.6 Å². The third-order valence-electron chi connectivity index (χ3n) is 3.64. The van der Waals surface area contributed by atoms with Crippen LogP contribution in [0.15, 0.2) is 18.2 Å². The van der Waals surface area contributed by atoms with Crippen molar-refractivity contribution in [2.24, 2.45) is 0 Å². The van der Waals surface area contributed by atoms with Crippen molar-refractivity contribution in [3.8, 4) is 11.5 Å². The topological polar surface area (TPSA) is 132 Å². The summed E-state index contributed by atoms with van der Waals surface area (Å²) in [6, 6.07) is 3.85. The van der Waals surface area contributed by atoms with E-state index >= 15 is 0 Å². The maximum absolute atomic E-state index is 12.0. The second-order valence-electron chi connectivity index (χ2n) is 5.74. The quantitative estimate of drug-likeness (QED) is 0.581. The molecule has 0 aliphatic carbocycles. The van der Waals surface area contributed by atoms with E-state index in [0.29, 0.717) is 17.9 Å². The van der Waals surface area contributed by atoms with Crippen LogP contribution in [0.5, 0.6) is 11.5 Å². The van der Waals surface area contributed by atoms with Crippen LogP contribution in [0.2, 0.25) is 0 Å². The number of carbonyl (C=O) groups is 4. The monoisotopic (exact) mass is 379 g/mol. The Hall–Kier alpha value is -3.30. The molecule has 10 heteroatoms. The molecule has 1 aromatic carbocycles. The lowest BCUT2D eigenvalue weighted by molar-refractivity contribution is -0.147. The highest BCUT2D eigenvalue weighted by Gasteiger charge is 2.17. The Morgan fingerprint density at radius 3 is 2.67 bits per heavy atom. The van der Waals surface area contributed by atoms with E-state index in [1.165, 1.54) is 12.1 Å². The molecule has 1 heterocycles. The molecule has 0 radical (unpaired) electrons. The maximum Gasteiger partial charge on any atom is 0.325 e. The summed E-state index contributed by atoms with van der Waals surface area (Å²) in [6.07, 6.45) is 0.708. The van der Waals surface area contributed by atoms with Gasteiger partial charge in [0.1, 0.15) is 6.54 Å². The molecule has 0 spiro atoms. The minimum absolute atomic E-state index is 0.0875. The Kier molecular flexibility index (Phi) is 6.98. The first-order chi connectivity index (χ1) is 12.9. The summed E-state index contributed by atoms with van der Waals surface area (Å²) < 4.78 is 15.0. The first-order valence-electron chi connectivity index (χ1n) is 8.32. The van der Waals surface area contributed by atoms with Crippen LogP contribution in [0.1, 0.15) is 30.6 Å². The fourth-order valence-corrected chi connectivity index (χ4v) is 2.01. The number of ether oxygens (including phenoxy) is 3. The van der Waals surface area contributed by atoms with E-state index in [1.807, 2.05) is 12.2 Å². The first-order valence-corrected chi connectivity index (χ1v) is 8.32. The Bertz CT molecular complexity index is 735. The summed E-state index contributed by atoms with van der Waals surface area (Å²) in [4.78, 5) is 46.6. The number of rotatable bonds is 7. The van der Waals surface area contributed by atoms with Gasteiger partial charge < -0.3 is 24.8 Å². The van der Waals surface area contributed by atoms with E-state index in [1.54, 1.807) is 13.0 Å². The fourth-order valence-electron chi connectivity index (χ4n) is 2.01. The largest absolute Gasteiger partial charge is 0.454 e. The van der Waals surface area contributed by atoms with Crippen LogP contribution in [0.3, 0.4) is 0 Å². The van der Waals surface area contributed by atoms with E-state index in [-0.39, 0.29) is 18.4 Å². The maximum atomic E-state index is 12.0. The van der Waals surface area contributed by atoms with Crippen LogP contribution in [-0.4, -0.2) is 49.8 Å². The molecule has 1 aromatic rings. The molecule has 0 unspecified atom stereocenters. The van der Waals surface area contributed by atoms with E-state index in [9.17, 15) is 19.2 Å². The number of carbonyl (C=O) groups excluding carboxylic acids is 4. The minimum atomic E-state index is -0.818. The van der Waals surface area contributed by atoms with Crippen molar-refractivity contribution < 1.29 is 33.4 Å². The number of hydrogen-bond donors (Lipinski definition) is 3. The second kappa shape index (κ2) is 9.41. The molecular formula is C17H21N3O7. The van der Waals surface area contributed by atoms with Crippen LogP contribution in [0.4, 0.5) is 4.79 Å². The van der Waals surface area contributed by atoms with Crippen molar-refractivity contribution in [1.82, 2.24) is 16.0 Å². The van der Waals surface area contributed by atoms with Gasteiger partial charge in [-0.25, -0.2) is 4.79 Å². The standard InChI is InChI=1S/C17H21N3O7/c1-3-10(2)19-17(24)20-14(21)8-25-15(22)7-18-16(23)11-4-5-12-13(6-11)27-9-26-12/h4-6,10H,3,7-9H2,1-2H3,(H,18,23)(H2,19,20,21,24)/t10-/m1/s1. The minimum Gasteiger partial charge on any atom is -0.454 e. The average Bonchev–Trinajstić information content (AvgIpc) is 3.11. The molecule has 1 aliphatic rings. The van der Waals surface area contributed by atoms with Gasteiger partial charge >= 0.3 is 12.0 Å². The van der Waals surface area contributed by atoms with Crippen LogP contribution in [0, 0.1) is 0 Å². The van der Waals surface area contributed by atoms with Crippen LogP contribution < -0.4 is 25.4 Å². The number of esters is 1. The van der Waals surface area contributed by atoms with Gasteiger partial charge in [0.25, 0.3) is 11.8 Å². The van der Waals surface area contributed by atoms with Gasteiger partial charge in [0.2, 0.25) is 6.79 Å². The van der Waals surface area contributed by atoms with Crippen molar-refractivity contribution in [2.75, 3.05) is 19.9 Å². The van der Waals surface area contributed by atoms with Crippen molar-refractivity contribution in [3.63, 3.8) is 0 Å². The molecule has 2 rings (SSSR count). The molecule has 4 amide bonds. The Labute approximate surface area is 155 Å². The Morgan fingerprint density at radius 2 is 1.93 bits per heavy atom. The van der Waals surface area contributed by atoms with Gasteiger partial charge in [0.05, 0.1) is 0 Å². The van der Waals surface area contributed by atoms with Gasteiger partial charge in [-0.15, -0.1) is 0 Å². The van der Waals surface area contributed by atoms with E-state index in [4.69, 9.17) is 14.2 Å². The van der Waals surface area contributed by atoms with E-state index < -0.39 is 37.0 Å². The third kappa shape index (κ3) is 6.17. The van der Waals surface area contributed by atoms with Gasteiger partial charge in [0.15, 0.2) is 18.1 Å². The molecule has 27 heavy (non-hydrogen) atoms. The molecule has 3 N–H and O–H groups in total. The van der Waals surface area contributed by atoms with Crippen molar-refractivity contribution in [2.45, 2.75) is 26.3 Å². The normalized spacial score (nSPS) is 12.7. The van der Waals surface area contributed by atoms with Crippen LogP contribution in [-0.2, 0) is 14.3 Å². The number of benzene rings is 1. The van der Waals surface area contributed by atoms with Gasteiger partial charge in [-0.05, 0) is 31.5 Å². The number of urea groups is 1. The lowest BCUT2D eigenvalue weighted by Crippen LogP contribution is -2.45. The first kappa shape index (κ1) is 20.0. The molecule has 0 fully saturated rings. The average molecular weight is 379 g/mol. The lowest BCUT2D eigenvalue weighted by Gasteiger charge is -2.12. The highest BCUT2D eigenvalue weighted by atomic mass is 16.7. The number of amides is 4. The summed E-state index contributed by atoms with van der Waals surface area (Å²) >= 11 is 0. The van der Waals surface area contributed by atoms with Crippen LogP contribution >= 0.6 is 0 Å². The van der Waals surface area contributed by atoms with E-state index in [2.05, 4.69) is 10.6 Å². The predicted molar refractivity (Wildman–Crippen MR) is 92.3 cm³/mol. The number of hydrogen-bond acceptors (Lipinski definition) is 7. The predicted octanol–water partition coefficient (Wildman–Crippen LogP) is 0.313. The smallest absolute Gasteiger partial charge is 0.325 e. The summed E-state index contributed by atoms with van der Waals surface area (Å²) in [6.45, 7) is 2.69. The highest BCUT2D eigenvalue weighted by molar-refractivity contribution is 5.97. The number of fused-ring (bicyclic) bond motifs is 1. The molecule has 0 bridgehead atoms. The SMILES string of the molecule is CC[C@@H](C)NC(=O)NC(=O)COC(=O)CNC(=O)c1ccc2c(c1)OCO2. The summed E-state index contributed by atoms with van der Waals surface area (Å²) in [5.41, 5.74) is 0.284. The zero-order chi connectivity index (χ0) is 19.8. The van der Waals surface area contributed by atoms with Crippen molar-refractivity contribution >= 4 is 23.8 Å². The molecule has 146 valence electrons. The highest BCUT2D eigenvalue weighted by Crippen LogP contribution is 2.32. The van der Waals surface area contributed by atoms with Crippen molar-refractivity contribution in [1.29, 1.82) is 0 Å². The van der Waals surface area contributed by atoms with Crippen molar-refractivity contribution in [3.05, 3.63) is 23.8 Å². The second-order valence-corrected chi connectivity index (χ2v) is 5.74. The zero-order valence-corrected chi connectivity index (χ0v) is 15.0. The van der Waals surface area contributed by atoms with Gasteiger partial charge in [-0.2, -0.15) is 0 Å². The zero-order valence-electron chi connectivity index (χ0n) is 15.0. The van der Waals surface area contributed by atoms with E-state index in [0.717, 1.165) is 0 Å². The molecule has 0 saturated carbocycles. The third-order valence-corrected chi connectivity index (χ3v) is 3.64. The lowest BCUT2D eigenvalue weighted by atomic mass is 10.2.